The number of fused-ring (bicyclic) bond motifs is 1. The first-order chi connectivity index (χ1) is 10.3. The molecule has 3 nitrogen and oxygen atoms in total. The van der Waals surface area contributed by atoms with Gasteiger partial charge in [0, 0.05) is 32.7 Å². The first-order valence-electron chi connectivity index (χ1n) is 7.87. The lowest BCUT2D eigenvalue weighted by molar-refractivity contribution is 0.0744. The number of benzene rings is 2. The summed E-state index contributed by atoms with van der Waals surface area (Å²) in [5, 5.41) is 12.9. The number of aliphatic hydroxyl groups excluding tert-OH is 1. The highest BCUT2D eigenvalue weighted by Crippen LogP contribution is 2.21. The fraction of sp³-hybridized carbons (Fsp3) is 0.444. The quantitative estimate of drug-likeness (QED) is 0.934. The van der Waals surface area contributed by atoms with Gasteiger partial charge in [0.05, 0.1) is 6.10 Å². The van der Waals surface area contributed by atoms with Gasteiger partial charge >= 0.3 is 0 Å². The maximum Gasteiger partial charge on any atom is 0.0917 e. The van der Waals surface area contributed by atoms with Gasteiger partial charge in [0.15, 0.2) is 0 Å². The summed E-state index contributed by atoms with van der Waals surface area (Å²) in [4.78, 5) is 4.82. The van der Waals surface area contributed by atoms with E-state index in [-0.39, 0.29) is 0 Å². The number of piperazine rings is 1. The average molecular weight is 284 g/mol. The molecule has 112 valence electrons. The Morgan fingerprint density at radius 3 is 2.33 bits per heavy atom. The minimum Gasteiger partial charge on any atom is -0.387 e. The molecule has 2 aromatic rings. The van der Waals surface area contributed by atoms with Gasteiger partial charge in [0.1, 0.15) is 0 Å². The van der Waals surface area contributed by atoms with Crippen molar-refractivity contribution in [3.63, 3.8) is 0 Å². The highest BCUT2D eigenvalue weighted by molar-refractivity contribution is 5.83. The van der Waals surface area contributed by atoms with Crippen LogP contribution in [0, 0.1) is 0 Å². The number of rotatable bonds is 4. The van der Waals surface area contributed by atoms with Crippen molar-refractivity contribution in [2.45, 2.75) is 13.0 Å². The molecular formula is C18H24N2O. The molecule has 1 saturated heterocycles. The summed E-state index contributed by atoms with van der Waals surface area (Å²) in [6.45, 7) is 8.40. The molecule has 0 bridgehead atoms. The van der Waals surface area contributed by atoms with Crippen LogP contribution in [0.1, 0.15) is 18.6 Å². The summed E-state index contributed by atoms with van der Waals surface area (Å²) in [5.74, 6) is 0. The zero-order valence-electron chi connectivity index (χ0n) is 12.7. The van der Waals surface area contributed by atoms with E-state index in [0.29, 0.717) is 0 Å². The molecule has 2 aromatic carbocycles. The van der Waals surface area contributed by atoms with Crippen LogP contribution in [0.15, 0.2) is 42.5 Å². The molecule has 1 fully saturated rings. The lowest BCUT2D eigenvalue weighted by Gasteiger charge is -2.35. The van der Waals surface area contributed by atoms with E-state index in [1.165, 1.54) is 10.8 Å². The number of hydrogen-bond donors (Lipinski definition) is 1. The van der Waals surface area contributed by atoms with Crippen LogP contribution in [0.3, 0.4) is 0 Å². The Morgan fingerprint density at radius 1 is 0.952 bits per heavy atom. The average Bonchev–Trinajstić information content (AvgIpc) is 2.55. The van der Waals surface area contributed by atoms with Gasteiger partial charge in [-0.3, -0.25) is 4.90 Å². The number of aliphatic hydroxyl groups is 1. The predicted octanol–water partition coefficient (Wildman–Crippen LogP) is 2.51. The molecule has 0 aliphatic carbocycles. The Kier molecular flexibility index (Phi) is 4.54. The van der Waals surface area contributed by atoms with E-state index >= 15 is 0 Å². The largest absolute Gasteiger partial charge is 0.387 e. The maximum atomic E-state index is 10.5. The predicted molar refractivity (Wildman–Crippen MR) is 87.5 cm³/mol. The van der Waals surface area contributed by atoms with Crippen molar-refractivity contribution < 1.29 is 5.11 Å². The third-order valence-electron chi connectivity index (χ3n) is 4.50. The Bertz CT molecular complexity index is 591. The van der Waals surface area contributed by atoms with Gasteiger partial charge in [-0.1, -0.05) is 43.3 Å². The molecule has 0 amide bonds. The fourth-order valence-corrected chi connectivity index (χ4v) is 3.05. The number of likely N-dealkylation sites (N-methyl/N-ethyl adjacent to an activating group) is 1. The van der Waals surface area contributed by atoms with Gasteiger partial charge in [-0.15, -0.1) is 0 Å². The van der Waals surface area contributed by atoms with E-state index in [4.69, 9.17) is 0 Å². The van der Waals surface area contributed by atoms with Crippen LogP contribution in [-0.2, 0) is 0 Å². The number of hydrogen-bond acceptors (Lipinski definition) is 3. The second kappa shape index (κ2) is 6.56. The Morgan fingerprint density at radius 2 is 1.62 bits per heavy atom. The molecule has 1 unspecified atom stereocenters. The van der Waals surface area contributed by atoms with E-state index in [1.807, 2.05) is 12.1 Å². The molecule has 1 heterocycles. The zero-order chi connectivity index (χ0) is 14.7. The van der Waals surface area contributed by atoms with E-state index in [0.717, 1.165) is 44.8 Å². The van der Waals surface area contributed by atoms with Crippen molar-refractivity contribution in [3.8, 4) is 0 Å². The van der Waals surface area contributed by atoms with Crippen LogP contribution in [0.25, 0.3) is 10.8 Å². The van der Waals surface area contributed by atoms with Gasteiger partial charge in [-0.25, -0.2) is 0 Å². The molecule has 0 saturated carbocycles. The van der Waals surface area contributed by atoms with Crippen LogP contribution < -0.4 is 0 Å². The molecule has 1 aliphatic rings. The SMILES string of the molecule is CCN1CCN(CC(O)c2ccc3ccccc3c2)CC1. The van der Waals surface area contributed by atoms with Crippen molar-refractivity contribution in [1.29, 1.82) is 0 Å². The lowest BCUT2D eigenvalue weighted by atomic mass is 10.0. The van der Waals surface area contributed by atoms with Gasteiger partial charge in [0.25, 0.3) is 0 Å². The highest BCUT2D eigenvalue weighted by atomic mass is 16.3. The monoisotopic (exact) mass is 284 g/mol. The van der Waals surface area contributed by atoms with Crippen molar-refractivity contribution >= 4 is 10.8 Å². The van der Waals surface area contributed by atoms with Gasteiger partial charge in [0.2, 0.25) is 0 Å². The first kappa shape index (κ1) is 14.5. The molecule has 21 heavy (non-hydrogen) atoms. The van der Waals surface area contributed by atoms with Gasteiger partial charge in [-0.05, 0) is 28.9 Å². The summed E-state index contributed by atoms with van der Waals surface area (Å²) in [6, 6.07) is 14.6. The Balaban J connectivity index is 1.65. The molecule has 1 aliphatic heterocycles. The summed E-state index contributed by atoms with van der Waals surface area (Å²) in [7, 11) is 0. The van der Waals surface area contributed by atoms with E-state index in [2.05, 4.69) is 47.1 Å². The lowest BCUT2D eigenvalue weighted by Crippen LogP contribution is -2.47. The summed E-state index contributed by atoms with van der Waals surface area (Å²) in [5.41, 5.74) is 1.02. The van der Waals surface area contributed by atoms with Crippen LogP contribution in [0.4, 0.5) is 0 Å². The molecule has 0 radical (unpaired) electrons. The summed E-state index contributed by atoms with van der Waals surface area (Å²) in [6.07, 6.45) is -0.400. The minimum atomic E-state index is -0.400. The minimum absolute atomic E-state index is 0.400. The van der Waals surface area contributed by atoms with Crippen LogP contribution >= 0.6 is 0 Å². The molecule has 0 spiro atoms. The molecule has 0 aromatic heterocycles. The van der Waals surface area contributed by atoms with Crippen LogP contribution in [0.5, 0.6) is 0 Å². The normalized spacial score (nSPS) is 19.0. The zero-order valence-corrected chi connectivity index (χ0v) is 12.7. The van der Waals surface area contributed by atoms with Gasteiger partial charge < -0.3 is 10.0 Å². The van der Waals surface area contributed by atoms with Crippen molar-refractivity contribution in [2.75, 3.05) is 39.3 Å². The molecular weight excluding hydrogens is 260 g/mol. The standard InChI is InChI=1S/C18H24N2O/c1-2-19-9-11-20(12-10-19)14-18(21)17-8-7-15-5-3-4-6-16(15)13-17/h3-8,13,18,21H,2,9-12,14H2,1H3. The van der Waals surface area contributed by atoms with E-state index in [1.54, 1.807) is 0 Å². The van der Waals surface area contributed by atoms with Crippen LogP contribution in [-0.4, -0.2) is 54.2 Å². The van der Waals surface area contributed by atoms with Crippen molar-refractivity contribution in [3.05, 3.63) is 48.0 Å². The Labute approximate surface area is 126 Å². The third kappa shape index (κ3) is 3.43. The van der Waals surface area contributed by atoms with E-state index in [9.17, 15) is 5.11 Å². The summed E-state index contributed by atoms with van der Waals surface area (Å²) < 4.78 is 0. The smallest absolute Gasteiger partial charge is 0.0917 e. The van der Waals surface area contributed by atoms with E-state index < -0.39 is 6.10 Å². The fourth-order valence-electron chi connectivity index (χ4n) is 3.05. The third-order valence-corrected chi connectivity index (χ3v) is 4.50. The maximum absolute atomic E-state index is 10.5. The molecule has 3 heteroatoms. The number of nitrogens with zero attached hydrogens (tertiary/aromatic N) is 2. The Hall–Kier alpha value is -1.42. The second-order valence-corrected chi connectivity index (χ2v) is 5.86. The second-order valence-electron chi connectivity index (χ2n) is 5.86. The van der Waals surface area contributed by atoms with Crippen molar-refractivity contribution in [2.24, 2.45) is 0 Å². The summed E-state index contributed by atoms with van der Waals surface area (Å²) >= 11 is 0. The number of β-amino-alcohol motifs (C(OH)–C–C–N with tert-alkyl or cyclic N) is 1. The molecule has 3 rings (SSSR count). The highest BCUT2D eigenvalue weighted by Gasteiger charge is 2.19. The molecule has 1 N–H and O–H groups in total. The van der Waals surface area contributed by atoms with Crippen molar-refractivity contribution in [1.82, 2.24) is 9.80 Å². The van der Waals surface area contributed by atoms with Crippen LogP contribution in [0.2, 0.25) is 0 Å². The van der Waals surface area contributed by atoms with Gasteiger partial charge in [-0.2, -0.15) is 0 Å². The molecule has 1 atom stereocenters. The topological polar surface area (TPSA) is 26.7 Å². The first-order valence-corrected chi connectivity index (χ1v) is 7.87.